The Morgan fingerprint density at radius 2 is 1.83 bits per heavy atom. The molecule has 0 aliphatic carbocycles. The van der Waals surface area contributed by atoms with E-state index < -0.39 is 23.7 Å². The lowest BCUT2D eigenvalue weighted by atomic mass is 9.95. The van der Waals surface area contributed by atoms with Gasteiger partial charge in [-0.2, -0.15) is 0 Å². The fraction of sp³-hybridized carbons (Fsp3) is 0.500. The summed E-state index contributed by atoms with van der Waals surface area (Å²) in [6.07, 6.45) is 3.18. The number of methoxy groups -OCH3 is 1. The highest BCUT2D eigenvalue weighted by Gasteiger charge is 2.30. The lowest BCUT2D eigenvalue weighted by Crippen LogP contribution is -2.52. The summed E-state index contributed by atoms with van der Waals surface area (Å²) in [5, 5.41) is 5.87. The number of rotatable bonds is 7. The highest BCUT2D eigenvalue weighted by atomic mass is 35.5. The van der Waals surface area contributed by atoms with E-state index in [-0.39, 0.29) is 24.3 Å². The van der Waals surface area contributed by atoms with Crippen LogP contribution in [-0.4, -0.2) is 67.2 Å². The fourth-order valence-corrected chi connectivity index (χ4v) is 3.77. The van der Waals surface area contributed by atoms with Gasteiger partial charge in [0.15, 0.2) is 0 Å². The molecule has 0 radical (unpaired) electrons. The second-order valence-electron chi connectivity index (χ2n) is 9.04. The number of halogens is 2. The van der Waals surface area contributed by atoms with Crippen LogP contribution < -0.4 is 10.6 Å². The number of benzene rings is 1. The van der Waals surface area contributed by atoms with Crippen LogP contribution in [0.3, 0.4) is 0 Å². The molecule has 1 atom stereocenters. The summed E-state index contributed by atoms with van der Waals surface area (Å²) in [5.74, 6) is -1.63. The van der Waals surface area contributed by atoms with Crippen LogP contribution in [-0.2, 0) is 23.9 Å². The molecule has 3 amide bonds. The molecular weight excluding hydrogens is 497 g/mol. The molecule has 0 saturated carbocycles. The smallest absolute Gasteiger partial charge is 0.407 e. The van der Waals surface area contributed by atoms with Crippen LogP contribution in [0, 0.1) is 5.92 Å². The molecule has 0 aromatic heterocycles. The van der Waals surface area contributed by atoms with Crippen molar-refractivity contribution in [3.8, 4) is 0 Å². The summed E-state index contributed by atoms with van der Waals surface area (Å²) in [6, 6.07) is 4.10. The Bertz CT molecular complexity index is 968. The molecule has 35 heavy (non-hydrogen) atoms. The minimum atomic E-state index is -1.06. The topological polar surface area (TPSA) is 114 Å². The number of hydrogen-bond donors (Lipinski definition) is 2. The highest BCUT2D eigenvalue weighted by Crippen LogP contribution is 2.26. The number of esters is 1. The molecule has 1 aromatic rings. The first kappa shape index (κ1) is 28.5. The maximum absolute atomic E-state index is 12.8. The van der Waals surface area contributed by atoms with Gasteiger partial charge in [-0.05, 0) is 51.3 Å². The molecule has 1 aliphatic rings. The number of piperidine rings is 1. The van der Waals surface area contributed by atoms with E-state index in [0.717, 1.165) is 0 Å². The molecule has 1 aliphatic heterocycles. The molecule has 9 nitrogen and oxygen atoms in total. The SMILES string of the molecule is COC(=O)[C@H](CNC(=O)OC(C)(C)C)NC(=O)C1CCN(C(=O)/C=C/c2cccc(Cl)c2Cl)CC1. The summed E-state index contributed by atoms with van der Waals surface area (Å²) in [6.45, 7) is 5.72. The Hall–Kier alpha value is -2.78. The molecule has 0 bridgehead atoms. The van der Waals surface area contributed by atoms with Crippen LogP contribution in [0.1, 0.15) is 39.2 Å². The van der Waals surface area contributed by atoms with Gasteiger partial charge in [-0.3, -0.25) is 9.59 Å². The van der Waals surface area contributed by atoms with E-state index in [9.17, 15) is 19.2 Å². The van der Waals surface area contributed by atoms with E-state index in [2.05, 4.69) is 10.6 Å². The van der Waals surface area contributed by atoms with Crippen molar-refractivity contribution in [3.63, 3.8) is 0 Å². The van der Waals surface area contributed by atoms with Gasteiger partial charge in [0.1, 0.15) is 11.6 Å². The third kappa shape index (κ3) is 9.07. The number of nitrogens with one attached hydrogen (secondary N) is 2. The van der Waals surface area contributed by atoms with Crippen LogP contribution in [0.25, 0.3) is 6.08 Å². The van der Waals surface area contributed by atoms with Crippen LogP contribution in [0.5, 0.6) is 0 Å². The van der Waals surface area contributed by atoms with Gasteiger partial charge in [-0.15, -0.1) is 0 Å². The average Bonchev–Trinajstić information content (AvgIpc) is 2.80. The van der Waals surface area contributed by atoms with Gasteiger partial charge in [0, 0.05) is 25.1 Å². The number of carbonyl (C=O) groups excluding carboxylic acids is 4. The van der Waals surface area contributed by atoms with Crippen LogP contribution in [0.15, 0.2) is 24.3 Å². The van der Waals surface area contributed by atoms with Crippen molar-refractivity contribution in [1.82, 2.24) is 15.5 Å². The van der Waals surface area contributed by atoms with Gasteiger partial charge in [-0.1, -0.05) is 35.3 Å². The lowest BCUT2D eigenvalue weighted by molar-refractivity contribution is -0.145. The Labute approximate surface area is 215 Å². The first-order valence-corrected chi connectivity index (χ1v) is 11.9. The zero-order chi connectivity index (χ0) is 26.2. The quantitative estimate of drug-likeness (QED) is 0.414. The van der Waals surface area contributed by atoms with Crippen molar-refractivity contribution in [1.29, 1.82) is 0 Å². The van der Waals surface area contributed by atoms with Crippen molar-refractivity contribution >= 4 is 53.2 Å². The Kier molecular flexibility index (Phi) is 10.4. The highest BCUT2D eigenvalue weighted by molar-refractivity contribution is 6.42. The number of amides is 3. The van der Waals surface area contributed by atoms with Crippen molar-refractivity contribution < 1.29 is 28.7 Å². The first-order chi connectivity index (χ1) is 16.4. The second kappa shape index (κ2) is 12.8. The van der Waals surface area contributed by atoms with E-state index in [1.165, 1.54) is 13.2 Å². The third-order valence-corrected chi connectivity index (χ3v) is 6.05. The lowest BCUT2D eigenvalue weighted by Gasteiger charge is -2.31. The van der Waals surface area contributed by atoms with Crippen molar-refractivity contribution in [3.05, 3.63) is 39.9 Å². The van der Waals surface area contributed by atoms with E-state index in [1.54, 1.807) is 49.9 Å². The number of carbonyl (C=O) groups is 4. The van der Waals surface area contributed by atoms with E-state index >= 15 is 0 Å². The molecule has 1 saturated heterocycles. The summed E-state index contributed by atoms with van der Waals surface area (Å²) >= 11 is 12.1. The minimum Gasteiger partial charge on any atom is -0.467 e. The summed E-state index contributed by atoms with van der Waals surface area (Å²) in [7, 11) is 1.20. The fourth-order valence-electron chi connectivity index (χ4n) is 3.40. The number of hydrogen-bond acceptors (Lipinski definition) is 6. The molecule has 1 aromatic carbocycles. The monoisotopic (exact) mass is 527 g/mol. The second-order valence-corrected chi connectivity index (χ2v) is 9.83. The average molecular weight is 528 g/mol. The molecule has 1 fully saturated rings. The maximum Gasteiger partial charge on any atom is 0.407 e. The predicted molar refractivity (Wildman–Crippen MR) is 133 cm³/mol. The van der Waals surface area contributed by atoms with Crippen molar-refractivity contribution in [2.75, 3.05) is 26.7 Å². The van der Waals surface area contributed by atoms with E-state index in [4.69, 9.17) is 32.7 Å². The van der Waals surface area contributed by atoms with Gasteiger partial charge in [0.2, 0.25) is 11.8 Å². The van der Waals surface area contributed by atoms with Gasteiger partial charge in [0.25, 0.3) is 0 Å². The number of ether oxygens (including phenoxy) is 2. The zero-order valence-corrected chi connectivity index (χ0v) is 21.7. The largest absolute Gasteiger partial charge is 0.467 e. The number of alkyl carbamates (subject to hydrolysis) is 1. The normalized spacial score (nSPS) is 15.4. The molecule has 2 rings (SSSR count). The van der Waals surface area contributed by atoms with Crippen LogP contribution >= 0.6 is 23.2 Å². The Balaban J connectivity index is 1.88. The number of likely N-dealkylation sites (tertiary alicyclic amines) is 1. The summed E-state index contributed by atoms with van der Waals surface area (Å²) < 4.78 is 9.88. The first-order valence-electron chi connectivity index (χ1n) is 11.2. The van der Waals surface area contributed by atoms with Gasteiger partial charge in [-0.25, -0.2) is 9.59 Å². The van der Waals surface area contributed by atoms with E-state index in [1.807, 2.05) is 0 Å². The van der Waals surface area contributed by atoms with Gasteiger partial charge >= 0.3 is 12.1 Å². The van der Waals surface area contributed by atoms with Crippen LogP contribution in [0.4, 0.5) is 4.79 Å². The standard InChI is InChI=1S/C24H31Cl2N3O6/c1-24(2,3)35-23(33)27-14-18(22(32)34-4)28-21(31)16-10-12-29(13-11-16)19(30)9-8-15-6-5-7-17(25)20(15)26/h5-9,16,18H,10-14H2,1-4H3,(H,27,33)(H,28,31)/b9-8+/t18-/m0/s1. The third-order valence-electron chi connectivity index (χ3n) is 5.22. The zero-order valence-electron chi connectivity index (χ0n) is 20.2. The van der Waals surface area contributed by atoms with Gasteiger partial charge in [0.05, 0.1) is 23.7 Å². The Morgan fingerprint density at radius 1 is 1.17 bits per heavy atom. The van der Waals surface area contributed by atoms with Crippen molar-refractivity contribution in [2.45, 2.75) is 45.3 Å². The maximum atomic E-state index is 12.8. The molecule has 0 unspecified atom stereocenters. The molecule has 192 valence electrons. The van der Waals surface area contributed by atoms with Crippen molar-refractivity contribution in [2.24, 2.45) is 5.92 Å². The number of nitrogens with zero attached hydrogens (tertiary/aromatic N) is 1. The van der Waals surface area contributed by atoms with Crippen LogP contribution in [0.2, 0.25) is 10.0 Å². The summed E-state index contributed by atoms with van der Waals surface area (Å²) in [5.41, 5.74) is -0.0645. The molecule has 1 heterocycles. The molecular formula is C24H31Cl2N3O6. The Morgan fingerprint density at radius 3 is 2.43 bits per heavy atom. The van der Waals surface area contributed by atoms with Gasteiger partial charge < -0.3 is 25.0 Å². The molecule has 0 spiro atoms. The molecule has 2 N–H and O–H groups in total. The minimum absolute atomic E-state index is 0.179. The summed E-state index contributed by atoms with van der Waals surface area (Å²) in [4.78, 5) is 50.9. The predicted octanol–water partition coefficient (Wildman–Crippen LogP) is 3.43. The molecule has 11 heteroatoms. The van der Waals surface area contributed by atoms with E-state index in [0.29, 0.717) is 41.5 Å².